The Morgan fingerprint density at radius 2 is 1.29 bits per heavy atom. The number of cyclic esters (lactones) is 1. The molecule has 2 aliphatic carbocycles. The van der Waals surface area contributed by atoms with E-state index in [1.54, 1.807) is 13.0 Å². The Bertz CT molecular complexity index is 2160. The molecule has 1 aromatic heterocycles. The van der Waals surface area contributed by atoms with Crippen LogP contribution in [-0.2, 0) is 71.4 Å². The molecule has 4 aliphatic rings. The second kappa shape index (κ2) is 16.7. The number of esters is 8. The molecule has 0 amide bonds. The van der Waals surface area contributed by atoms with Crippen molar-refractivity contribution in [3.8, 4) is 0 Å². The summed E-state index contributed by atoms with van der Waals surface area (Å²) in [5.74, 6) is -11.8. The minimum Gasteiger partial charge on any atom is -0.461 e. The molecule has 1 N–H and O–H groups in total. The van der Waals surface area contributed by atoms with Gasteiger partial charge in [0.1, 0.15) is 42.0 Å². The molecule has 3 fully saturated rings. The molecule has 3 heterocycles. The number of nitrogens with zero attached hydrogens (tertiary/aromatic N) is 1. The molecule has 2 aromatic rings. The van der Waals surface area contributed by atoms with Crippen LogP contribution in [0.4, 0.5) is 0 Å². The number of hydrogen-bond acceptors (Lipinski definition) is 19. The Labute approximate surface area is 355 Å². The van der Waals surface area contributed by atoms with Gasteiger partial charge in [-0.15, -0.1) is 0 Å². The van der Waals surface area contributed by atoms with Gasteiger partial charge in [0, 0.05) is 46.7 Å². The zero-order valence-corrected chi connectivity index (χ0v) is 35.6. The van der Waals surface area contributed by atoms with Gasteiger partial charge in [-0.1, -0.05) is 32.0 Å². The van der Waals surface area contributed by atoms with Gasteiger partial charge in [0.15, 0.2) is 30.0 Å². The molecular weight excluding hydrogens is 818 g/mol. The van der Waals surface area contributed by atoms with E-state index in [-0.39, 0.29) is 16.8 Å². The fraction of sp³-hybridized carbons (Fsp3) is 0.558. The molecule has 2 saturated carbocycles. The maximum Gasteiger partial charge on any atom is 0.340 e. The molecule has 6 rings (SSSR count). The van der Waals surface area contributed by atoms with E-state index in [9.17, 15) is 43.5 Å². The van der Waals surface area contributed by atoms with Crippen molar-refractivity contribution in [2.45, 2.75) is 122 Å². The van der Waals surface area contributed by atoms with Crippen molar-refractivity contribution in [1.29, 1.82) is 0 Å². The minimum atomic E-state index is -2.86. The average molecular weight is 868 g/mol. The summed E-state index contributed by atoms with van der Waals surface area (Å²) >= 11 is 0. The number of aliphatic hydroxyl groups is 1. The van der Waals surface area contributed by atoms with Crippen molar-refractivity contribution < 1.29 is 86.1 Å². The number of ether oxygens (including phenoxy) is 9. The number of carbonyl (C=O) groups is 8. The van der Waals surface area contributed by atoms with Crippen molar-refractivity contribution in [2.24, 2.45) is 17.3 Å². The van der Waals surface area contributed by atoms with E-state index in [1.807, 2.05) is 0 Å². The highest BCUT2D eigenvalue weighted by molar-refractivity contribution is 5.91. The number of hydrogen-bond donors (Lipinski definition) is 1. The number of pyridine rings is 1. The van der Waals surface area contributed by atoms with Gasteiger partial charge < -0.3 is 47.7 Å². The number of benzene rings is 1. The maximum atomic E-state index is 14.5. The third kappa shape index (κ3) is 7.43. The first-order chi connectivity index (χ1) is 29.0. The van der Waals surface area contributed by atoms with Crippen LogP contribution < -0.4 is 0 Å². The third-order valence-corrected chi connectivity index (χ3v) is 12.4. The van der Waals surface area contributed by atoms with Crippen LogP contribution in [0, 0.1) is 17.3 Å². The SMILES string of the molecule is CC(=O)O[C@@H]1[C@@H]2[C@@H](OC(C)=O)[C@@]34O[C@@]2(C)COC(=O)c2cccnc2[C@@H](C)[C@H](C)C(=O)O[C@@H]([C@H](OC(C)=O)[C@H](OC(C)=O)[C@@]3(COC(=O)c2ccccc2)[C@@H]1OC(C)=O)[C@]4(C)O. The van der Waals surface area contributed by atoms with Crippen LogP contribution in [0.3, 0.4) is 0 Å². The third-order valence-electron chi connectivity index (χ3n) is 12.4. The molecule has 1 aromatic carbocycles. The van der Waals surface area contributed by atoms with Gasteiger partial charge in [-0.2, -0.15) is 0 Å². The highest BCUT2D eigenvalue weighted by Gasteiger charge is 2.92. The second-order valence-corrected chi connectivity index (χ2v) is 16.5. The largest absolute Gasteiger partial charge is 0.461 e. The lowest BCUT2D eigenvalue weighted by Crippen LogP contribution is -2.89. The normalized spacial score (nSPS) is 36.0. The van der Waals surface area contributed by atoms with Gasteiger partial charge in [0.25, 0.3) is 0 Å². The second-order valence-electron chi connectivity index (χ2n) is 16.5. The van der Waals surface area contributed by atoms with Gasteiger partial charge in [0.2, 0.25) is 0 Å². The number of carbonyl (C=O) groups excluding carboxylic acids is 8. The van der Waals surface area contributed by atoms with E-state index in [0.29, 0.717) is 0 Å². The van der Waals surface area contributed by atoms with Gasteiger partial charge in [-0.3, -0.25) is 33.8 Å². The first-order valence-corrected chi connectivity index (χ1v) is 19.9. The fourth-order valence-corrected chi connectivity index (χ4v) is 9.87. The lowest BCUT2D eigenvalue weighted by Gasteiger charge is -2.67. The predicted molar refractivity (Wildman–Crippen MR) is 205 cm³/mol. The van der Waals surface area contributed by atoms with Crippen LogP contribution in [0.1, 0.15) is 94.6 Å². The maximum absolute atomic E-state index is 14.5. The van der Waals surface area contributed by atoms with Crippen molar-refractivity contribution in [1.82, 2.24) is 4.98 Å². The Hall–Kier alpha value is -5.95. The highest BCUT2D eigenvalue weighted by atomic mass is 16.7. The standard InChI is InChI=1S/C43H49NO18/c1-20-21(2)37(50)61-34-32(57-23(4)46)36(60-26(7)49)42(19-55-38(51)27-14-11-10-12-15-27)35(59-25(6)48)31(56-22(3)45)29-33(58-24(5)47)43(42,41(34,9)53)62-40(29,8)18-54-39(52)28-16-13-17-44-30(20)28/h10-17,20-21,29,31-36,53H,18-19H2,1-9H3/t20-,21-,29+,31+,32-,33+,34-,35+,36-,40-,41-,42+,43-/m0/s1. The molecule has 0 radical (unpaired) electrons. The molecule has 19 nitrogen and oxygen atoms in total. The van der Waals surface area contributed by atoms with Gasteiger partial charge in [0.05, 0.1) is 28.7 Å². The number of fused-ring (bicyclic) bond motifs is 5. The van der Waals surface area contributed by atoms with Crippen molar-refractivity contribution in [3.05, 3.63) is 65.5 Å². The molecule has 4 bridgehead atoms. The summed E-state index contributed by atoms with van der Waals surface area (Å²) < 4.78 is 55.4. The van der Waals surface area contributed by atoms with Crippen LogP contribution in [0.25, 0.3) is 0 Å². The Morgan fingerprint density at radius 3 is 1.87 bits per heavy atom. The molecule has 2 aliphatic heterocycles. The summed E-state index contributed by atoms with van der Waals surface area (Å²) in [6, 6.07) is 10.4. The number of aromatic nitrogens is 1. The lowest BCUT2D eigenvalue weighted by atomic mass is 9.45. The quantitative estimate of drug-likeness (QED) is 0.295. The van der Waals surface area contributed by atoms with Crippen LogP contribution in [0.5, 0.6) is 0 Å². The summed E-state index contributed by atoms with van der Waals surface area (Å²) in [6.07, 6.45) is -10.8. The molecule has 334 valence electrons. The van der Waals surface area contributed by atoms with E-state index in [2.05, 4.69) is 4.98 Å². The first-order valence-electron chi connectivity index (χ1n) is 19.9. The summed E-state index contributed by atoms with van der Waals surface area (Å²) in [5.41, 5.74) is -10.3. The summed E-state index contributed by atoms with van der Waals surface area (Å²) in [7, 11) is 0. The van der Waals surface area contributed by atoms with Crippen LogP contribution in [0.2, 0.25) is 0 Å². The summed E-state index contributed by atoms with van der Waals surface area (Å²) in [5, 5.41) is 13.6. The van der Waals surface area contributed by atoms with Crippen molar-refractivity contribution in [2.75, 3.05) is 13.2 Å². The van der Waals surface area contributed by atoms with Crippen LogP contribution in [0.15, 0.2) is 48.7 Å². The van der Waals surface area contributed by atoms with E-state index < -0.39 is 138 Å². The van der Waals surface area contributed by atoms with Gasteiger partial charge in [-0.05, 0) is 38.1 Å². The Kier molecular flexibility index (Phi) is 12.3. The highest BCUT2D eigenvalue weighted by Crippen LogP contribution is 2.70. The molecule has 19 heteroatoms. The lowest BCUT2D eigenvalue weighted by molar-refractivity contribution is -0.386. The predicted octanol–water partition coefficient (Wildman–Crippen LogP) is 2.33. The van der Waals surface area contributed by atoms with Crippen molar-refractivity contribution in [3.63, 3.8) is 0 Å². The summed E-state index contributed by atoms with van der Waals surface area (Å²) in [4.78, 5) is 114. The molecule has 62 heavy (non-hydrogen) atoms. The Morgan fingerprint density at radius 1 is 0.742 bits per heavy atom. The van der Waals surface area contributed by atoms with Gasteiger partial charge >= 0.3 is 47.8 Å². The van der Waals surface area contributed by atoms with Crippen LogP contribution >= 0.6 is 0 Å². The molecule has 0 unspecified atom stereocenters. The zero-order valence-electron chi connectivity index (χ0n) is 35.6. The molecule has 1 saturated heterocycles. The van der Waals surface area contributed by atoms with Crippen molar-refractivity contribution >= 4 is 47.8 Å². The van der Waals surface area contributed by atoms with E-state index in [1.165, 1.54) is 56.4 Å². The summed E-state index contributed by atoms with van der Waals surface area (Å²) in [6.45, 7) is 8.62. The molecule has 13 atom stereocenters. The first kappa shape index (κ1) is 45.6. The van der Waals surface area contributed by atoms with Crippen LogP contribution in [-0.4, -0.2) is 124 Å². The van der Waals surface area contributed by atoms with E-state index >= 15 is 0 Å². The molecule has 1 spiro atoms. The minimum absolute atomic E-state index is 0.00452. The zero-order chi connectivity index (χ0) is 45.7. The van der Waals surface area contributed by atoms with E-state index in [0.717, 1.165) is 41.5 Å². The monoisotopic (exact) mass is 867 g/mol. The molecular formula is C43H49NO18. The topological polar surface area (TPSA) is 253 Å². The Balaban J connectivity index is 1.79. The fourth-order valence-electron chi connectivity index (χ4n) is 9.87. The van der Waals surface area contributed by atoms with E-state index in [4.69, 9.17) is 42.6 Å². The number of rotatable bonds is 8. The smallest absolute Gasteiger partial charge is 0.340 e. The van der Waals surface area contributed by atoms with Gasteiger partial charge in [-0.25, -0.2) is 9.59 Å². The average Bonchev–Trinajstić information content (AvgIpc) is 3.42.